The lowest BCUT2D eigenvalue weighted by Gasteiger charge is -2.37. The van der Waals surface area contributed by atoms with Crippen molar-refractivity contribution in [1.82, 2.24) is 5.32 Å². The van der Waals surface area contributed by atoms with Crippen LogP contribution in [0.1, 0.15) is 29.5 Å². The highest BCUT2D eigenvalue weighted by Gasteiger charge is 2.32. The maximum absolute atomic E-state index is 9.38. The molecular weight excluding hydrogens is 246 g/mol. The molecule has 0 fully saturated rings. The number of likely N-dealkylation sites (N-methyl/N-ethyl adjacent to an activating group) is 1. The van der Waals surface area contributed by atoms with Crippen molar-refractivity contribution in [2.45, 2.75) is 31.7 Å². The van der Waals surface area contributed by atoms with Gasteiger partial charge in [-0.2, -0.15) is 0 Å². The van der Waals surface area contributed by atoms with Gasteiger partial charge in [0.15, 0.2) is 0 Å². The lowest BCUT2D eigenvalue weighted by Crippen LogP contribution is -2.41. The van der Waals surface area contributed by atoms with Gasteiger partial charge in [0, 0.05) is 12.0 Å². The summed E-state index contributed by atoms with van der Waals surface area (Å²) in [5.41, 5.74) is 4.27. The summed E-state index contributed by atoms with van der Waals surface area (Å²) in [4.78, 5) is 0. The summed E-state index contributed by atoms with van der Waals surface area (Å²) in [7, 11) is 0. The summed E-state index contributed by atoms with van der Waals surface area (Å²) in [5.74, 6) is 0.947. The zero-order valence-corrected chi connectivity index (χ0v) is 11.8. The lowest BCUT2D eigenvalue weighted by molar-refractivity contribution is 0.404. The van der Waals surface area contributed by atoms with E-state index in [4.69, 9.17) is 0 Å². The second-order valence-corrected chi connectivity index (χ2v) is 5.54. The topological polar surface area (TPSA) is 32.3 Å². The van der Waals surface area contributed by atoms with Crippen LogP contribution >= 0.6 is 0 Å². The molecule has 2 aromatic rings. The molecule has 0 amide bonds. The molecule has 2 unspecified atom stereocenters. The first-order valence-electron chi connectivity index (χ1n) is 7.37. The van der Waals surface area contributed by atoms with E-state index >= 15 is 0 Å². The van der Waals surface area contributed by atoms with Crippen molar-refractivity contribution in [3.05, 3.63) is 65.2 Å². The molecule has 2 nitrogen and oxygen atoms in total. The van der Waals surface area contributed by atoms with E-state index in [-0.39, 0.29) is 0 Å². The van der Waals surface area contributed by atoms with E-state index in [2.05, 4.69) is 36.5 Å². The standard InChI is InChI=1S/C18H21NO/c1-2-19-18(11-13-7-9-15(20)10-8-13)17-12-14-5-3-4-6-16(14)17/h3-10,17-20H,2,11-12H2,1H3. The number of phenolic OH excluding ortho intramolecular Hbond substituents is 1. The summed E-state index contributed by atoms with van der Waals surface area (Å²) in [6.07, 6.45) is 2.18. The molecule has 0 saturated heterocycles. The Hall–Kier alpha value is -1.80. The highest BCUT2D eigenvalue weighted by atomic mass is 16.3. The summed E-state index contributed by atoms with van der Waals surface area (Å²) < 4.78 is 0. The minimum atomic E-state index is 0.336. The van der Waals surface area contributed by atoms with Crippen LogP contribution < -0.4 is 5.32 Å². The van der Waals surface area contributed by atoms with Gasteiger partial charge in [-0.15, -0.1) is 0 Å². The molecule has 0 spiro atoms. The SMILES string of the molecule is CCNC(Cc1ccc(O)cc1)C1Cc2ccccc21. The minimum absolute atomic E-state index is 0.336. The molecular formula is C18H21NO. The Labute approximate surface area is 120 Å². The van der Waals surface area contributed by atoms with Crippen molar-refractivity contribution >= 4 is 0 Å². The smallest absolute Gasteiger partial charge is 0.115 e. The van der Waals surface area contributed by atoms with E-state index in [0.29, 0.717) is 17.7 Å². The molecule has 0 aliphatic heterocycles. The van der Waals surface area contributed by atoms with Crippen molar-refractivity contribution in [1.29, 1.82) is 0 Å². The number of benzene rings is 2. The highest BCUT2D eigenvalue weighted by Crippen LogP contribution is 2.38. The molecule has 0 saturated carbocycles. The summed E-state index contributed by atoms with van der Waals surface area (Å²) in [6, 6.07) is 16.8. The summed E-state index contributed by atoms with van der Waals surface area (Å²) >= 11 is 0. The fraction of sp³-hybridized carbons (Fsp3) is 0.333. The van der Waals surface area contributed by atoms with Gasteiger partial charge in [-0.1, -0.05) is 43.3 Å². The van der Waals surface area contributed by atoms with Gasteiger partial charge in [0.2, 0.25) is 0 Å². The molecule has 2 N–H and O–H groups in total. The van der Waals surface area contributed by atoms with E-state index < -0.39 is 0 Å². The lowest BCUT2D eigenvalue weighted by atomic mass is 9.72. The van der Waals surface area contributed by atoms with E-state index in [0.717, 1.165) is 13.0 Å². The van der Waals surface area contributed by atoms with Crippen LogP contribution in [0.3, 0.4) is 0 Å². The Balaban J connectivity index is 1.75. The molecule has 0 aromatic heterocycles. The predicted molar refractivity (Wildman–Crippen MR) is 82.2 cm³/mol. The third kappa shape index (κ3) is 2.56. The Kier molecular flexibility index (Phi) is 3.75. The van der Waals surface area contributed by atoms with E-state index in [1.807, 2.05) is 12.1 Å². The van der Waals surface area contributed by atoms with Crippen LogP contribution in [0.2, 0.25) is 0 Å². The van der Waals surface area contributed by atoms with Gasteiger partial charge in [0.05, 0.1) is 0 Å². The molecule has 0 radical (unpaired) electrons. The van der Waals surface area contributed by atoms with Crippen LogP contribution in [0.4, 0.5) is 0 Å². The molecule has 20 heavy (non-hydrogen) atoms. The monoisotopic (exact) mass is 267 g/mol. The van der Waals surface area contributed by atoms with Crippen molar-refractivity contribution in [3.8, 4) is 5.75 Å². The van der Waals surface area contributed by atoms with E-state index in [1.54, 1.807) is 12.1 Å². The molecule has 104 valence electrons. The van der Waals surface area contributed by atoms with Gasteiger partial charge in [-0.25, -0.2) is 0 Å². The van der Waals surface area contributed by atoms with Gasteiger partial charge in [-0.05, 0) is 48.2 Å². The van der Waals surface area contributed by atoms with Crippen LogP contribution in [0.5, 0.6) is 5.75 Å². The zero-order chi connectivity index (χ0) is 13.9. The van der Waals surface area contributed by atoms with Crippen LogP contribution in [-0.4, -0.2) is 17.7 Å². The maximum atomic E-state index is 9.38. The second-order valence-electron chi connectivity index (χ2n) is 5.54. The van der Waals surface area contributed by atoms with Crippen LogP contribution in [0, 0.1) is 0 Å². The molecule has 2 atom stereocenters. The Bertz CT molecular complexity index is 576. The highest BCUT2D eigenvalue weighted by molar-refractivity contribution is 5.41. The number of phenols is 1. The van der Waals surface area contributed by atoms with Crippen LogP contribution in [0.15, 0.2) is 48.5 Å². The molecule has 0 bridgehead atoms. The average Bonchev–Trinajstić information content (AvgIpc) is 2.43. The fourth-order valence-electron chi connectivity index (χ4n) is 3.16. The third-order valence-electron chi connectivity index (χ3n) is 4.24. The minimum Gasteiger partial charge on any atom is -0.508 e. The first-order chi connectivity index (χ1) is 9.78. The average molecular weight is 267 g/mol. The van der Waals surface area contributed by atoms with Crippen LogP contribution in [0.25, 0.3) is 0 Å². The van der Waals surface area contributed by atoms with Gasteiger partial charge >= 0.3 is 0 Å². The number of hydrogen-bond donors (Lipinski definition) is 2. The van der Waals surface area contributed by atoms with Crippen LogP contribution in [-0.2, 0) is 12.8 Å². The zero-order valence-electron chi connectivity index (χ0n) is 11.8. The molecule has 2 aromatic carbocycles. The third-order valence-corrected chi connectivity index (χ3v) is 4.24. The normalized spacial score (nSPS) is 18.1. The summed E-state index contributed by atoms with van der Waals surface area (Å²) in [6.45, 7) is 3.15. The number of nitrogens with one attached hydrogen (secondary N) is 1. The number of aromatic hydroxyl groups is 1. The molecule has 3 rings (SSSR count). The van der Waals surface area contributed by atoms with Gasteiger partial charge in [-0.3, -0.25) is 0 Å². The van der Waals surface area contributed by atoms with Gasteiger partial charge < -0.3 is 10.4 Å². The summed E-state index contributed by atoms with van der Waals surface area (Å²) in [5, 5.41) is 13.0. The first-order valence-corrected chi connectivity index (χ1v) is 7.37. The Morgan fingerprint density at radius 2 is 1.90 bits per heavy atom. The molecule has 2 heteroatoms. The number of hydrogen-bond acceptors (Lipinski definition) is 2. The van der Waals surface area contributed by atoms with Crippen molar-refractivity contribution < 1.29 is 5.11 Å². The first kappa shape index (κ1) is 13.2. The van der Waals surface area contributed by atoms with Gasteiger partial charge in [0.1, 0.15) is 5.75 Å². The quantitative estimate of drug-likeness (QED) is 0.871. The maximum Gasteiger partial charge on any atom is 0.115 e. The Morgan fingerprint density at radius 3 is 2.60 bits per heavy atom. The molecule has 1 aliphatic carbocycles. The number of rotatable bonds is 5. The van der Waals surface area contributed by atoms with Gasteiger partial charge in [0.25, 0.3) is 0 Å². The second kappa shape index (κ2) is 5.68. The number of fused-ring (bicyclic) bond motifs is 1. The Morgan fingerprint density at radius 1 is 1.15 bits per heavy atom. The molecule has 1 aliphatic rings. The van der Waals surface area contributed by atoms with Crippen molar-refractivity contribution in [2.75, 3.05) is 6.54 Å². The van der Waals surface area contributed by atoms with E-state index in [9.17, 15) is 5.11 Å². The largest absolute Gasteiger partial charge is 0.508 e. The molecule has 0 heterocycles. The van der Waals surface area contributed by atoms with E-state index in [1.165, 1.54) is 23.1 Å². The van der Waals surface area contributed by atoms with Crippen molar-refractivity contribution in [2.24, 2.45) is 0 Å². The fourth-order valence-corrected chi connectivity index (χ4v) is 3.16. The predicted octanol–water partition coefficient (Wildman–Crippen LogP) is 3.25. The van der Waals surface area contributed by atoms with Crippen molar-refractivity contribution in [3.63, 3.8) is 0 Å².